The second kappa shape index (κ2) is 8.74. The van der Waals surface area contributed by atoms with Crippen molar-refractivity contribution in [2.75, 3.05) is 11.9 Å². The van der Waals surface area contributed by atoms with Crippen LogP contribution in [0.4, 0.5) is 10.3 Å². The van der Waals surface area contributed by atoms with E-state index in [0.717, 1.165) is 16.5 Å². The molecule has 7 nitrogen and oxygen atoms in total. The molecule has 0 spiro atoms. The van der Waals surface area contributed by atoms with Gasteiger partial charge in [-0.1, -0.05) is 48.2 Å². The van der Waals surface area contributed by atoms with E-state index >= 15 is 0 Å². The van der Waals surface area contributed by atoms with Crippen LogP contribution < -0.4 is 5.32 Å². The first-order valence-electron chi connectivity index (χ1n) is 10.6. The maximum Gasteiger partial charge on any atom is 0.338 e. The highest BCUT2D eigenvalue weighted by Crippen LogP contribution is 2.39. The Hall–Kier alpha value is -3.59. The number of thioether (sulfide) groups is 1. The number of hydrogen-bond acceptors (Lipinski definition) is 6. The number of nitrogens with one attached hydrogen (secondary N) is 2. The SMILES string of the molecule is CCOC(=O)C1=C(C)Nc2nc(SCc3ccccc3F)nn2C1c1c[nH]c2ccccc12. The van der Waals surface area contributed by atoms with Crippen LogP contribution in [-0.4, -0.2) is 32.3 Å². The van der Waals surface area contributed by atoms with E-state index < -0.39 is 12.0 Å². The highest BCUT2D eigenvalue weighted by atomic mass is 32.2. The predicted octanol–water partition coefficient (Wildman–Crippen LogP) is 5.04. The van der Waals surface area contributed by atoms with Gasteiger partial charge >= 0.3 is 5.97 Å². The van der Waals surface area contributed by atoms with E-state index in [2.05, 4.69) is 15.3 Å². The van der Waals surface area contributed by atoms with Gasteiger partial charge in [0.1, 0.15) is 11.9 Å². The molecule has 4 aromatic rings. The summed E-state index contributed by atoms with van der Waals surface area (Å²) in [6, 6.07) is 14.0. The summed E-state index contributed by atoms with van der Waals surface area (Å²) in [6.07, 6.45) is 1.89. The fraction of sp³-hybridized carbons (Fsp3) is 0.208. The number of aromatic amines is 1. The molecule has 0 radical (unpaired) electrons. The number of allylic oxidation sites excluding steroid dienone is 1. The van der Waals surface area contributed by atoms with Crippen LogP contribution in [0.3, 0.4) is 0 Å². The Bertz CT molecular complexity index is 1380. The van der Waals surface area contributed by atoms with Crippen molar-refractivity contribution in [3.63, 3.8) is 0 Å². The molecule has 0 amide bonds. The molecule has 0 aliphatic carbocycles. The van der Waals surface area contributed by atoms with Gasteiger partial charge in [-0.2, -0.15) is 4.98 Å². The van der Waals surface area contributed by atoms with E-state index in [-0.39, 0.29) is 12.4 Å². The van der Waals surface area contributed by atoms with E-state index in [1.54, 1.807) is 29.8 Å². The van der Waals surface area contributed by atoms with E-state index in [1.807, 2.05) is 37.4 Å². The third-order valence-corrected chi connectivity index (χ3v) is 6.45. The lowest BCUT2D eigenvalue weighted by atomic mass is 9.95. The quantitative estimate of drug-likeness (QED) is 0.308. The number of carbonyl (C=O) groups excluding carboxylic acids is 1. The summed E-state index contributed by atoms with van der Waals surface area (Å²) in [7, 11) is 0. The summed E-state index contributed by atoms with van der Waals surface area (Å²) in [5.74, 6) is 0.252. The molecular formula is C24H22FN5O2S. The third-order valence-electron chi connectivity index (χ3n) is 5.56. The third kappa shape index (κ3) is 3.89. The Morgan fingerprint density at radius 2 is 2.00 bits per heavy atom. The standard InChI is InChI=1S/C24H22FN5O2S/c1-3-32-22(31)20-14(2)27-23-28-24(33-13-15-8-4-6-10-18(15)25)29-30(23)21(20)17-12-26-19-11-7-5-9-16(17)19/h4-12,21,26H,3,13H2,1-2H3,(H,27,28,29). The van der Waals surface area contributed by atoms with E-state index in [9.17, 15) is 9.18 Å². The zero-order chi connectivity index (χ0) is 22.9. The number of aromatic nitrogens is 4. The van der Waals surface area contributed by atoms with Crippen molar-refractivity contribution in [1.82, 2.24) is 19.7 Å². The normalized spacial score (nSPS) is 15.4. The lowest BCUT2D eigenvalue weighted by Gasteiger charge is -2.27. The second-order valence-corrected chi connectivity index (χ2v) is 8.56. The number of rotatable bonds is 6. The van der Waals surface area contributed by atoms with Crippen molar-refractivity contribution >= 4 is 34.6 Å². The number of carbonyl (C=O) groups is 1. The molecule has 0 fully saturated rings. The van der Waals surface area contributed by atoms with Crippen molar-refractivity contribution < 1.29 is 13.9 Å². The maximum absolute atomic E-state index is 14.0. The molecule has 0 bridgehead atoms. The summed E-state index contributed by atoms with van der Waals surface area (Å²) in [5.41, 5.74) is 3.57. The fourth-order valence-corrected chi connectivity index (χ4v) is 4.85. The minimum atomic E-state index is -0.522. The molecule has 2 aromatic heterocycles. The Morgan fingerprint density at radius 3 is 2.82 bits per heavy atom. The van der Waals surface area contributed by atoms with E-state index in [0.29, 0.717) is 33.7 Å². The predicted molar refractivity (Wildman–Crippen MR) is 125 cm³/mol. The molecule has 2 N–H and O–H groups in total. The van der Waals surface area contributed by atoms with Crippen molar-refractivity contribution in [2.24, 2.45) is 0 Å². The number of benzene rings is 2. The van der Waals surface area contributed by atoms with Gasteiger partial charge in [-0.3, -0.25) is 0 Å². The second-order valence-electron chi connectivity index (χ2n) is 7.62. The lowest BCUT2D eigenvalue weighted by Crippen LogP contribution is -2.29. The van der Waals surface area contributed by atoms with Crippen LogP contribution in [0.2, 0.25) is 0 Å². The molecule has 1 aliphatic heterocycles. The molecule has 1 unspecified atom stereocenters. The molecule has 1 atom stereocenters. The molecule has 5 rings (SSSR count). The summed E-state index contributed by atoms with van der Waals surface area (Å²) in [6.45, 7) is 3.88. The van der Waals surface area contributed by atoms with Crippen molar-refractivity contribution in [1.29, 1.82) is 0 Å². The van der Waals surface area contributed by atoms with Gasteiger partial charge in [-0.25, -0.2) is 13.9 Å². The van der Waals surface area contributed by atoms with Crippen molar-refractivity contribution in [2.45, 2.75) is 30.8 Å². The van der Waals surface area contributed by atoms with Gasteiger partial charge in [0.2, 0.25) is 11.1 Å². The van der Waals surface area contributed by atoms with Gasteiger partial charge in [-0.15, -0.1) is 5.10 Å². The van der Waals surface area contributed by atoms with Crippen LogP contribution in [0.15, 0.2) is 71.2 Å². The molecule has 0 saturated heterocycles. The van der Waals surface area contributed by atoms with Gasteiger partial charge in [0.15, 0.2) is 0 Å². The average Bonchev–Trinajstić information content (AvgIpc) is 3.41. The summed E-state index contributed by atoms with van der Waals surface area (Å²) < 4.78 is 21.1. The number of halogens is 1. The monoisotopic (exact) mass is 463 g/mol. The van der Waals surface area contributed by atoms with E-state index in [4.69, 9.17) is 9.84 Å². The Labute approximate surface area is 194 Å². The van der Waals surface area contributed by atoms with Crippen molar-refractivity contribution in [3.8, 4) is 0 Å². The Balaban J connectivity index is 1.56. The minimum absolute atomic E-state index is 0.258. The number of fused-ring (bicyclic) bond motifs is 2. The summed E-state index contributed by atoms with van der Waals surface area (Å²) >= 11 is 1.34. The van der Waals surface area contributed by atoms with Gasteiger partial charge in [0.05, 0.1) is 12.2 Å². The average molecular weight is 464 g/mol. The highest BCUT2D eigenvalue weighted by molar-refractivity contribution is 7.98. The van der Waals surface area contributed by atoms with Crippen LogP contribution in [0, 0.1) is 5.82 Å². The van der Waals surface area contributed by atoms with Crippen LogP contribution in [0.5, 0.6) is 0 Å². The first kappa shape index (κ1) is 21.3. The molecule has 2 aromatic carbocycles. The first-order chi connectivity index (χ1) is 16.1. The van der Waals surface area contributed by atoms with Gasteiger partial charge in [0, 0.05) is 34.1 Å². The van der Waals surface area contributed by atoms with Crippen LogP contribution in [-0.2, 0) is 15.3 Å². The fourth-order valence-electron chi connectivity index (χ4n) is 4.03. The number of esters is 1. The molecule has 3 heterocycles. The lowest BCUT2D eigenvalue weighted by molar-refractivity contribution is -0.139. The number of hydrogen-bond donors (Lipinski definition) is 2. The van der Waals surface area contributed by atoms with Gasteiger partial charge in [0.25, 0.3) is 0 Å². The number of anilines is 1. The van der Waals surface area contributed by atoms with Crippen LogP contribution in [0.25, 0.3) is 10.9 Å². The van der Waals surface area contributed by atoms with Crippen LogP contribution in [0.1, 0.15) is 31.0 Å². The number of H-pyrrole nitrogens is 1. The Kier molecular flexibility index (Phi) is 5.63. The minimum Gasteiger partial charge on any atom is -0.463 e. The van der Waals surface area contributed by atoms with Crippen LogP contribution >= 0.6 is 11.8 Å². The maximum atomic E-state index is 14.0. The molecule has 9 heteroatoms. The topological polar surface area (TPSA) is 84.8 Å². The summed E-state index contributed by atoms with van der Waals surface area (Å²) in [4.78, 5) is 20.9. The molecule has 0 saturated carbocycles. The zero-order valence-corrected chi connectivity index (χ0v) is 18.9. The molecule has 1 aliphatic rings. The highest BCUT2D eigenvalue weighted by Gasteiger charge is 2.36. The zero-order valence-electron chi connectivity index (χ0n) is 18.1. The number of para-hydroxylation sites is 1. The number of nitrogens with zero attached hydrogens (tertiary/aromatic N) is 3. The molecule has 33 heavy (non-hydrogen) atoms. The Morgan fingerprint density at radius 1 is 1.21 bits per heavy atom. The first-order valence-corrected chi connectivity index (χ1v) is 11.6. The van der Waals surface area contributed by atoms with Gasteiger partial charge in [-0.05, 0) is 31.5 Å². The van der Waals surface area contributed by atoms with E-state index in [1.165, 1.54) is 17.8 Å². The largest absolute Gasteiger partial charge is 0.463 e. The van der Waals surface area contributed by atoms with Gasteiger partial charge < -0.3 is 15.0 Å². The molecular weight excluding hydrogens is 441 g/mol. The van der Waals surface area contributed by atoms with Crippen molar-refractivity contribution in [3.05, 3.63) is 82.9 Å². The smallest absolute Gasteiger partial charge is 0.338 e. The summed E-state index contributed by atoms with van der Waals surface area (Å²) in [5, 5.41) is 9.36. The number of ether oxygens (including phenoxy) is 1. The molecule has 168 valence electrons.